The summed E-state index contributed by atoms with van der Waals surface area (Å²) in [5.74, 6) is 1.58. The maximum atomic E-state index is 5.70. The largest absolute Gasteiger partial charge is 0.382 e. The van der Waals surface area contributed by atoms with Gasteiger partial charge >= 0.3 is 0 Å². The van der Waals surface area contributed by atoms with Gasteiger partial charge in [0.15, 0.2) is 5.96 Å². The van der Waals surface area contributed by atoms with Gasteiger partial charge in [0, 0.05) is 32.7 Å². The van der Waals surface area contributed by atoms with Crippen LogP contribution in [0.1, 0.15) is 45.2 Å². The van der Waals surface area contributed by atoms with Crippen LogP contribution < -0.4 is 5.32 Å². The Balaban J connectivity index is 0.00000392. The molecule has 1 fully saturated rings. The summed E-state index contributed by atoms with van der Waals surface area (Å²) in [5.41, 5.74) is 2.79. The number of methoxy groups -OCH3 is 1. The highest BCUT2D eigenvalue weighted by Gasteiger charge is 2.25. The van der Waals surface area contributed by atoms with Gasteiger partial charge in [0.25, 0.3) is 0 Å². The molecule has 1 heterocycles. The molecule has 0 radical (unpaired) electrons. The summed E-state index contributed by atoms with van der Waals surface area (Å²) in [6.07, 6.45) is 1.15. The number of hydrogen-bond acceptors (Lipinski definition) is 3. The summed E-state index contributed by atoms with van der Waals surface area (Å²) < 4.78 is 10.7. The summed E-state index contributed by atoms with van der Waals surface area (Å²) >= 11 is 0. The van der Waals surface area contributed by atoms with Crippen LogP contribution in [0.4, 0.5) is 0 Å². The highest BCUT2D eigenvalue weighted by Crippen LogP contribution is 2.22. The molecule has 0 aromatic heterocycles. The fourth-order valence-electron chi connectivity index (χ4n) is 3.26. The molecule has 5 nitrogen and oxygen atoms in total. The Hall–Kier alpha value is -0.860. The summed E-state index contributed by atoms with van der Waals surface area (Å²) in [5, 5.41) is 3.44. The van der Waals surface area contributed by atoms with Crippen molar-refractivity contribution in [2.45, 2.75) is 46.1 Å². The van der Waals surface area contributed by atoms with Crippen molar-refractivity contribution in [3.05, 3.63) is 35.4 Å². The first-order chi connectivity index (χ1) is 12.9. The Kier molecular flexibility index (Phi) is 11.4. The average molecular weight is 503 g/mol. The third-order valence-corrected chi connectivity index (χ3v) is 4.94. The third-order valence-electron chi connectivity index (χ3n) is 4.94. The molecule has 0 spiro atoms. The minimum atomic E-state index is 0. The zero-order valence-corrected chi connectivity index (χ0v) is 20.5. The molecule has 1 N–H and O–H groups in total. The Bertz CT molecular complexity index is 584. The highest BCUT2D eigenvalue weighted by atomic mass is 127. The van der Waals surface area contributed by atoms with Gasteiger partial charge in [-0.2, -0.15) is 0 Å². The second-order valence-corrected chi connectivity index (χ2v) is 8.29. The van der Waals surface area contributed by atoms with E-state index in [9.17, 15) is 0 Å². The van der Waals surface area contributed by atoms with E-state index in [-0.39, 0.29) is 29.4 Å². The number of ether oxygens (including phenoxy) is 2. The van der Waals surface area contributed by atoms with Crippen LogP contribution in [0.2, 0.25) is 0 Å². The van der Waals surface area contributed by atoms with Crippen molar-refractivity contribution in [1.29, 1.82) is 0 Å². The zero-order valence-electron chi connectivity index (χ0n) is 18.2. The van der Waals surface area contributed by atoms with Crippen molar-refractivity contribution in [2.24, 2.45) is 10.9 Å². The Morgan fingerprint density at radius 3 is 2.54 bits per heavy atom. The SMILES string of the molecule is CCNC(=NCc1ccc(C(C)(C)C)cc1)N1CCC(COCCOC)C1.I. The molecule has 28 heavy (non-hydrogen) atoms. The van der Waals surface area contributed by atoms with Gasteiger partial charge in [-0.3, -0.25) is 0 Å². The minimum absolute atomic E-state index is 0. The molecule has 0 amide bonds. The smallest absolute Gasteiger partial charge is 0.194 e. The first kappa shape index (κ1) is 25.2. The molecule has 1 unspecified atom stereocenters. The molecule has 2 rings (SSSR count). The second kappa shape index (κ2) is 12.6. The number of aliphatic imine (C=N–C) groups is 1. The Morgan fingerprint density at radius 1 is 1.21 bits per heavy atom. The van der Waals surface area contributed by atoms with Gasteiger partial charge in [0.1, 0.15) is 0 Å². The van der Waals surface area contributed by atoms with Gasteiger partial charge in [0.2, 0.25) is 0 Å². The molecule has 160 valence electrons. The fourth-order valence-corrected chi connectivity index (χ4v) is 3.26. The first-order valence-electron chi connectivity index (χ1n) is 10.1. The lowest BCUT2D eigenvalue weighted by Gasteiger charge is -2.22. The molecule has 1 aromatic carbocycles. The van der Waals surface area contributed by atoms with Gasteiger partial charge in [-0.15, -0.1) is 24.0 Å². The van der Waals surface area contributed by atoms with Crippen LogP contribution >= 0.6 is 24.0 Å². The Morgan fingerprint density at radius 2 is 1.93 bits per heavy atom. The number of guanidine groups is 1. The first-order valence-corrected chi connectivity index (χ1v) is 10.1. The topological polar surface area (TPSA) is 46.1 Å². The van der Waals surface area contributed by atoms with E-state index in [4.69, 9.17) is 14.5 Å². The van der Waals surface area contributed by atoms with Crippen molar-refractivity contribution < 1.29 is 9.47 Å². The number of benzene rings is 1. The summed E-state index contributed by atoms with van der Waals surface area (Å²) in [4.78, 5) is 7.23. The molecular formula is C22H38IN3O2. The van der Waals surface area contributed by atoms with Crippen molar-refractivity contribution in [3.63, 3.8) is 0 Å². The molecular weight excluding hydrogens is 465 g/mol. The minimum Gasteiger partial charge on any atom is -0.382 e. The van der Waals surface area contributed by atoms with E-state index >= 15 is 0 Å². The lowest BCUT2D eigenvalue weighted by molar-refractivity contribution is 0.0536. The standard InChI is InChI=1S/C22H37N3O2.HI/c1-6-23-21(25-12-11-19(16-25)17-27-14-13-26-5)24-15-18-7-9-20(10-8-18)22(2,3)4;/h7-10,19H,6,11-17H2,1-5H3,(H,23,24);1H. The van der Waals surface area contributed by atoms with Crippen molar-refractivity contribution >= 4 is 29.9 Å². The van der Waals surface area contributed by atoms with E-state index < -0.39 is 0 Å². The van der Waals surface area contributed by atoms with Crippen molar-refractivity contribution in [1.82, 2.24) is 10.2 Å². The number of halogens is 1. The molecule has 1 saturated heterocycles. The highest BCUT2D eigenvalue weighted by molar-refractivity contribution is 14.0. The van der Waals surface area contributed by atoms with Crippen molar-refractivity contribution in [3.8, 4) is 0 Å². The molecule has 1 aliphatic rings. The quantitative estimate of drug-likeness (QED) is 0.252. The van der Waals surface area contributed by atoms with Crippen molar-refractivity contribution in [2.75, 3.05) is 46.6 Å². The fraction of sp³-hybridized carbons (Fsp3) is 0.682. The third kappa shape index (κ3) is 8.25. The zero-order chi connectivity index (χ0) is 19.7. The van der Waals surface area contributed by atoms with E-state index in [1.54, 1.807) is 7.11 Å². The normalized spacial score (nSPS) is 17.5. The molecule has 0 bridgehead atoms. The molecule has 1 aliphatic heterocycles. The maximum absolute atomic E-state index is 5.70. The van der Waals surface area contributed by atoms with Gasteiger partial charge in [-0.05, 0) is 29.9 Å². The molecule has 0 saturated carbocycles. The average Bonchev–Trinajstić information content (AvgIpc) is 3.11. The summed E-state index contributed by atoms with van der Waals surface area (Å²) in [6.45, 7) is 14.6. The number of rotatable bonds is 8. The van der Waals surface area contributed by atoms with E-state index in [1.807, 2.05) is 0 Å². The molecule has 1 aromatic rings. The Labute approximate surface area is 188 Å². The van der Waals surface area contributed by atoms with Gasteiger partial charge in [-0.1, -0.05) is 45.0 Å². The molecule has 0 aliphatic carbocycles. The van der Waals surface area contributed by atoms with Crippen LogP contribution in [0.15, 0.2) is 29.3 Å². The monoisotopic (exact) mass is 503 g/mol. The van der Waals surface area contributed by atoms with Crippen LogP contribution in [0.25, 0.3) is 0 Å². The predicted molar refractivity (Wildman–Crippen MR) is 128 cm³/mol. The van der Waals surface area contributed by atoms with Gasteiger partial charge in [-0.25, -0.2) is 4.99 Å². The van der Waals surface area contributed by atoms with E-state index in [1.165, 1.54) is 11.1 Å². The van der Waals surface area contributed by atoms with Crippen LogP contribution in [-0.2, 0) is 21.4 Å². The lowest BCUT2D eigenvalue weighted by Crippen LogP contribution is -2.40. The van der Waals surface area contributed by atoms with E-state index in [0.29, 0.717) is 25.7 Å². The van der Waals surface area contributed by atoms with Crippen LogP contribution in [0.5, 0.6) is 0 Å². The summed E-state index contributed by atoms with van der Waals surface area (Å²) in [6, 6.07) is 8.84. The summed E-state index contributed by atoms with van der Waals surface area (Å²) in [7, 11) is 1.70. The van der Waals surface area contributed by atoms with Gasteiger partial charge < -0.3 is 19.7 Å². The van der Waals surface area contributed by atoms with Crippen LogP contribution in [0, 0.1) is 5.92 Å². The molecule has 6 heteroatoms. The number of nitrogens with one attached hydrogen (secondary N) is 1. The molecule has 1 atom stereocenters. The number of likely N-dealkylation sites (tertiary alicyclic amines) is 1. The maximum Gasteiger partial charge on any atom is 0.194 e. The van der Waals surface area contributed by atoms with Crippen LogP contribution in [-0.4, -0.2) is 57.4 Å². The number of nitrogens with zero attached hydrogens (tertiary/aromatic N) is 2. The lowest BCUT2D eigenvalue weighted by atomic mass is 9.87. The predicted octanol–water partition coefficient (Wildman–Crippen LogP) is 4.05. The van der Waals surface area contributed by atoms with E-state index in [2.05, 4.69) is 62.2 Å². The van der Waals surface area contributed by atoms with Crippen LogP contribution in [0.3, 0.4) is 0 Å². The number of hydrogen-bond donors (Lipinski definition) is 1. The van der Waals surface area contributed by atoms with E-state index in [0.717, 1.165) is 38.6 Å². The second-order valence-electron chi connectivity index (χ2n) is 8.29. The van der Waals surface area contributed by atoms with Gasteiger partial charge in [0.05, 0.1) is 26.4 Å².